The summed E-state index contributed by atoms with van der Waals surface area (Å²) in [6, 6.07) is 7.20. The number of benzene rings is 1. The molecule has 1 aliphatic rings. The zero-order valence-corrected chi connectivity index (χ0v) is 11.4. The number of carbonyl (C=O) groups is 1. The topological polar surface area (TPSA) is 61.4 Å². The van der Waals surface area contributed by atoms with Crippen LogP contribution in [0.15, 0.2) is 24.3 Å². The van der Waals surface area contributed by atoms with Crippen LogP contribution in [0.5, 0.6) is 0 Å². The van der Waals surface area contributed by atoms with Crippen LogP contribution in [-0.4, -0.2) is 23.8 Å². The van der Waals surface area contributed by atoms with E-state index in [9.17, 15) is 4.79 Å². The zero-order chi connectivity index (χ0) is 14.4. The highest BCUT2D eigenvalue weighted by atomic mass is 16.3. The number of anilines is 1. The lowest BCUT2D eigenvalue weighted by molar-refractivity contribution is 0.176. The number of rotatable bonds is 3. The van der Waals surface area contributed by atoms with Gasteiger partial charge < -0.3 is 15.7 Å². The third-order valence-corrected chi connectivity index (χ3v) is 3.73. The molecule has 1 fully saturated rings. The Kier molecular flexibility index (Phi) is 5.03. The molecule has 4 nitrogen and oxygen atoms in total. The normalized spacial score (nSPS) is 21.8. The standard InChI is InChI=1S/C16H20N2O2/c1-2-12-4-3-5-15(10-12)18-16(20)17-14-8-6-13(11-19)7-9-14/h1,3-5,10,13-14,19H,6-9,11H2,(H2,17,18,20). The first kappa shape index (κ1) is 14.4. The lowest BCUT2D eigenvalue weighted by atomic mass is 9.87. The van der Waals surface area contributed by atoms with Crippen LogP contribution in [0.1, 0.15) is 31.2 Å². The summed E-state index contributed by atoms with van der Waals surface area (Å²) < 4.78 is 0. The first-order valence-electron chi connectivity index (χ1n) is 6.96. The van der Waals surface area contributed by atoms with Crippen LogP contribution in [0.25, 0.3) is 0 Å². The molecule has 0 spiro atoms. The minimum Gasteiger partial charge on any atom is -0.396 e. The average Bonchev–Trinajstić information content (AvgIpc) is 2.48. The van der Waals surface area contributed by atoms with E-state index in [1.807, 2.05) is 18.2 Å². The second kappa shape index (κ2) is 6.97. The quantitative estimate of drug-likeness (QED) is 0.740. The Morgan fingerprint density at radius 3 is 2.75 bits per heavy atom. The molecule has 4 heteroatoms. The van der Waals surface area contributed by atoms with E-state index in [0.29, 0.717) is 11.6 Å². The van der Waals surface area contributed by atoms with Gasteiger partial charge in [0.1, 0.15) is 0 Å². The van der Waals surface area contributed by atoms with Gasteiger partial charge in [0.25, 0.3) is 0 Å². The van der Waals surface area contributed by atoms with Gasteiger partial charge in [-0.2, -0.15) is 0 Å². The van der Waals surface area contributed by atoms with Crippen molar-refractivity contribution in [1.82, 2.24) is 5.32 Å². The summed E-state index contributed by atoms with van der Waals surface area (Å²) in [5.74, 6) is 2.93. The molecule has 1 aliphatic carbocycles. The van der Waals surface area contributed by atoms with Gasteiger partial charge in [-0.1, -0.05) is 12.0 Å². The van der Waals surface area contributed by atoms with E-state index in [2.05, 4.69) is 16.6 Å². The molecule has 1 saturated carbocycles. The molecule has 2 rings (SSSR count). The van der Waals surface area contributed by atoms with E-state index >= 15 is 0 Å². The number of aliphatic hydroxyl groups is 1. The molecule has 0 saturated heterocycles. The molecular weight excluding hydrogens is 252 g/mol. The van der Waals surface area contributed by atoms with Gasteiger partial charge in [0.05, 0.1) is 0 Å². The molecule has 1 aromatic rings. The van der Waals surface area contributed by atoms with Gasteiger partial charge in [-0.25, -0.2) is 4.79 Å². The number of nitrogens with one attached hydrogen (secondary N) is 2. The van der Waals surface area contributed by atoms with Crippen LogP contribution in [0.3, 0.4) is 0 Å². The van der Waals surface area contributed by atoms with Gasteiger partial charge in [-0.05, 0) is 49.8 Å². The van der Waals surface area contributed by atoms with Crippen molar-refractivity contribution in [2.75, 3.05) is 11.9 Å². The van der Waals surface area contributed by atoms with Crippen molar-refractivity contribution >= 4 is 11.7 Å². The predicted octanol–water partition coefficient (Wildman–Crippen LogP) is 2.34. The summed E-state index contributed by atoms with van der Waals surface area (Å²) in [7, 11) is 0. The fraction of sp³-hybridized carbons (Fsp3) is 0.438. The molecule has 0 aliphatic heterocycles. The van der Waals surface area contributed by atoms with Gasteiger partial charge in [-0.3, -0.25) is 0 Å². The molecule has 2 amide bonds. The smallest absolute Gasteiger partial charge is 0.319 e. The molecular formula is C16H20N2O2. The van der Waals surface area contributed by atoms with E-state index in [1.54, 1.807) is 6.07 Å². The van der Waals surface area contributed by atoms with E-state index < -0.39 is 0 Å². The van der Waals surface area contributed by atoms with Crippen molar-refractivity contribution in [2.24, 2.45) is 5.92 Å². The van der Waals surface area contributed by atoms with Gasteiger partial charge in [0, 0.05) is 23.9 Å². The second-order valence-corrected chi connectivity index (χ2v) is 5.22. The molecule has 0 unspecified atom stereocenters. The Labute approximate surface area is 119 Å². The summed E-state index contributed by atoms with van der Waals surface area (Å²) in [6.45, 7) is 0.248. The Balaban J connectivity index is 1.82. The summed E-state index contributed by atoms with van der Waals surface area (Å²) in [4.78, 5) is 11.9. The summed E-state index contributed by atoms with van der Waals surface area (Å²) in [6.07, 6.45) is 9.10. The Morgan fingerprint density at radius 1 is 1.35 bits per heavy atom. The number of aliphatic hydroxyl groups excluding tert-OH is 1. The van der Waals surface area contributed by atoms with Crippen molar-refractivity contribution in [3.63, 3.8) is 0 Å². The Bertz CT molecular complexity index is 499. The maximum Gasteiger partial charge on any atom is 0.319 e. The number of hydrogen-bond donors (Lipinski definition) is 3. The molecule has 20 heavy (non-hydrogen) atoms. The van der Waals surface area contributed by atoms with Gasteiger partial charge in [0.15, 0.2) is 0 Å². The third kappa shape index (κ3) is 4.01. The van der Waals surface area contributed by atoms with E-state index in [1.165, 1.54) is 0 Å². The van der Waals surface area contributed by atoms with Crippen molar-refractivity contribution in [3.05, 3.63) is 29.8 Å². The maximum absolute atomic E-state index is 11.9. The highest BCUT2D eigenvalue weighted by molar-refractivity contribution is 5.89. The monoisotopic (exact) mass is 272 g/mol. The van der Waals surface area contributed by atoms with E-state index in [-0.39, 0.29) is 18.7 Å². The molecule has 1 aromatic carbocycles. The van der Waals surface area contributed by atoms with Crippen LogP contribution in [-0.2, 0) is 0 Å². The Morgan fingerprint density at radius 2 is 2.10 bits per heavy atom. The van der Waals surface area contributed by atoms with Crippen LogP contribution >= 0.6 is 0 Å². The molecule has 0 bridgehead atoms. The second-order valence-electron chi connectivity index (χ2n) is 5.22. The molecule has 0 heterocycles. The van der Waals surface area contributed by atoms with Crippen LogP contribution < -0.4 is 10.6 Å². The minimum atomic E-state index is -0.202. The van der Waals surface area contributed by atoms with E-state index in [0.717, 1.165) is 31.2 Å². The van der Waals surface area contributed by atoms with Crippen molar-refractivity contribution < 1.29 is 9.90 Å². The fourth-order valence-electron chi connectivity index (χ4n) is 2.53. The van der Waals surface area contributed by atoms with Gasteiger partial charge in [-0.15, -0.1) is 6.42 Å². The SMILES string of the molecule is C#Cc1cccc(NC(=O)NC2CCC(CO)CC2)c1. The largest absolute Gasteiger partial charge is 0.396 e. The first-order chi connectivity index (χ1) is 9.71. The number of terminal acetylenes is 1. The fourth-order valence-corrected chi connectivity index (χ4v) is 2.53. The first-order valence-corrected chi connectivity index (χ1v) is 6.96. The zero-order valence-electron chi connectivity index (χ0n) is 11.4. The highest BCUT2D eigenvalue weighted by Gasteiger charge is 2.21. The maximum atomic E-state index is 11.9. The highest BCUT2D eigenvalue weighted by Crippen LogP contribution is 2.23. The number of hydrogen-bond acceptors (Lipinski definition) is 2. The number of amides is 2. The van der Waals surface area contributed by atoms with Crippen LogP contribution in [0.4, 0.5) is 10.5 Å². The molecule has 0 radical (unpaired) electrons. The average molecular weight is 272 g/mol. The van der Waals surface area contributed by atoms with Crippen molar-refractivity contribution in [2.45, 2.75) is 31.7 Å². The van der Waals surface area contributed by atoms with Crippen LogP contribution in [0.2, 0.25) is 0 Å². The molecule has 0 atom stereocenters. The lowest BCUT2D eigenvalue weighted by Gasteiger charge is -2.27. The minimum absolute atomic E-state index is 0.189. The Hall–Kier alpha value is -1.99. The summed E-state index contributed by atoms with van der Waals surface area (Å²) in [5, 5.41) is 14.8. The molecule has 3 N–H and O–H groups in total. The number of carbonyl (C=O) groups excluding carboxylic acids is 1. The predicted molar refractivity (Wildman–Crippen MR) is 79.4 cm³/mol. The third-order valence-electron chi connectivity index (χ3n) is 3.73. The summed E-state index contributed by atoms with van der Waals surface area (Å²) >= 11 is 0. The van der Waals surface area contributed by atoms with Gasteiger partial charge in [0.2, 0.25) is 0 Å². The lowest BCUT2D eigenvalue weighted by Crippen LogP contribution is -2.40. The number of urea groups is 1. The molecule has 106 valence electrons. The summed E-state index contributed by atoms with van der Waals surface area (Å²) in [5.41, 5.74) is 1.44. The van der Waals surface area contributed by atoms with Crippen molar-refractivity contribution in [3.8, 4) is 12.3 Å². The van der Waals surface area contributed by atoms with E-state index in [4.69, 9.17) is 11.5 Å². The van der Waals surface area contributed by atoms with Crippen molar-refractivity contribution in [1.29, 1.82) is 0 Å². The van der Waals surface area contributed by atoms with Crippen LogP contribution in [0, 0.1) is 18.3 Å². The van der Waals surface area contributed by atoms with Gasteiger partial charge >= 0.3 is 6.03 Å². The molecule has 0 aromatic heterocycles.